The number of hydrogen-bond acceptors (Lipinski definition) is 2. The van der Waals surface area contributed by atoms with Gasteiger partial charge in [-0.15, -0.1) is 0 Å². The van der Waals surface area contributed by atoms with Crippen molar-refractivity contribution in [3.05, 3.63) is 52.8 Å². The molecule has 1 aromatic carbocycles. The Kier molecular flexibility index (Phi) is 5.59. The molecule has 0 aliphatic rings. The summed E-state index contributed by atoms with van der Waals surface area (Å²) < 4.78 is 1.92. The number of aromatic nitrogens is 2. The highest BCUT2D eigenvalue weighted by atomic mass is 16.2. The lowest BCUT2D eigenvalue weighted by molar-refractivity contribution is -0.130. The van der Waals surface area contributed by atoms with Gasteiger partial charge >= 0.3 is 0 Å². The van der Waals surface area contributed by atoms with Crippen molar-refractivity contribution >= 4 is 5.91 Å². The van der Waals surface area contributed by atoms with Gasteiger partial charge in [0.1, 0.15) is 0 Å². The van der Waals surface area contributed by atoms with E-state index in [-0.39, 0.29) is 5.91 Å². The second-order valence-corrected chi connectivity index (χ2v) is 6.67. The molecule has 1 heterocycles. The van der Waals surface area contributed by atoms with Crippen molar-refractivity contribution in [3.8, 4) is 0 Å². The largest absolute Gasteiger partial charge is 0.341 e. The molecule has 0 unspecified atom stereocenters. The average Bonchev–Trinajstić information content (AvgIpc) is 2.92. The van der Waals surface area contributed by atoms with E-state index in [1.807, 2.05) is 24.1 Å². The van der Waals surface area contributed by atoms with Crippen LogP contribution in [0.5, 0.6) is 0 Å². The highest BCUT2D eigenvalue weighted by Gasteiger charge is 2.11. The Morgan fingerprint density at radius 1 is 1.17 bits per heavy atom. The zero-order valence-corrected chi connectivity index (χ0v) is 14.8. The topological polar surface area (TPSA) is 38.1 Å². The van der Waals surface area contributed by atoms with Gasteiger partial charge in [-0.1, -0.05) is 29.3 Å². The summed E-state index contributed by atoms with van der Waals surface area (Å²) in [5, 5.41) is 4.32. The number of aryl methyl sites for hydroxylation is 3. The smallest absolute Gasteiger partial charge is 0.222 e. The molecule has 0 spiro atoms. The second kappa shape index (κ2) is 7.44. The molecule has 0 radical (unpaired) electrons. The fraction of sp³-hybridized carbons (Fsp3) is 0.474. The van der Waals surface area contributed by atoms with Gasteiger partial charge in [-0.3, -0.25) is 9.48 Å². The molecule has 0 atom stereocenters. The summed E-state index contributed by atoms with van der Waals surface area (Å²) >= 11 is 0. The monoisotopic (exact) mass is 313 g/mol. The molecule has 23 heavy (non-hydrogen) atoms. The first-order valence-corrected chi connectivity index (χ1v) is 8.19. The van der Waals surface area contributed by atoms with Crippen LogP contribution in [0.1, 0.15) is 48.6 Å². The van der Waals surface area contributed by atoms with Crippen LogP contribution in [0.2, 0.25) is 0 Å². The highest BCUT2D eigenvalue weighted by Crippen LogP contribution is 2.12. The van der Waals surface area contributed by atoms with Crippen LogP contribution < -0.4 is 0 Å². The minimum Gasteiger partial charge on any atom is -0.341 e. The summed E-state index contributed by atoms with van der Waals surface area (Å²) in [6.45, 7) is 8.98. The minimum absolute atomic E-state index is 0.168. The zero-order valence-electron chi connectivity index (χ0n) is 14.8. The number of nitrogens with zero attached hydrogens (tertiary/aromatic N) is 3. The Morgan fingerprint density at radius 3 is 2.39 bits per heavy atom. The molecule has 4 nitrogen and oxygen atoms in total. The summed E-state index contributed by atoms with van der Waals surface area (Å²) in [6, 6.07) is 6.82. The van der Waals surface area contributed by atoms with Crippen LogP contribution in [0, 0.1) is 13.8 Å². The normalized spacial score (nSPS) is 11.0. The summed E-state index contributed by atoms with van der Waals surface area (Å²) in [5.74, 6) is 0.168. The molecule has 1 amide bonds. The number of carbonyl (C=O) groups excluding carboxylic acids is 1. The molecule has 2 aromatic rings. The van der Waals surface area contributed by atoms with E-state index in [9.17, 15) is 4.79 Å². The fourth-order valence-electron chi connectivity index (χ4n) is 2.76. The Hall–Kier alpha value is -2.10. The van der Waals surface area contributed by atoms with Crippen LogP contribution >= 0.6 is 0 Å². The molecule has 0 aliphatic carbocycles. The molecule has 4 heteroatoms. The lowest BCUT2D eigenvalue weighted by Crippen LogP contribution is -2.26. The second-order valence-electron chi connectivity index (χ2n) is 6.67. The average molecular weight is 313 g/mol. The minimum atomic E-state index is 0.168. The molecule has 0 aliphatic heterocycles. The van der Waals surface area contributed by atoms with Crippen molar-refractivity contribution in [3.63, 3.8) is 0 Å². The number of rotatable bonds is 6. The highest BCUT2D eigenvalue weighted by molar-refractivity contribution is 5.76. The first kappa shape index (κ1) is 17.3. The molecular formula is C19H27N3O. The molecule has 0 fully saturated rings. The maximum Gasteiger partial charge on any atom is 0.222 e. The quantitative estimate of drug-likeness (QED) is 0.816. The van der Waals surface area contributed by atoms with Crippen LogP contribution in [0.15, 0.2) is 30.6 Å². The van der Waals surface area contributed by atoms with Gasteiger partial charge in [-0.05, 0) is 39.7 Å². The molecule has 2 rings (SSSR count). The van der Waals surface area contributed by atoms with Crippen LogP contribution in [0.3, 0.4) is 0 Å². The molecule has 0 N–H and O–H groups in total. The van der Waals surface area contributed by atoms with E-state index in [4.69, 9.17) is 0 Å². The Labute approximate surface area is 139 Å². The summed E-state index contributed by atoms with van der Waals surface area (Å²) in [7, 11) is 1.86. The SMILES string of the molecule is Cc1cc(C)cc(CCC(=O)N(C)Cc2cnn(C(C)C)c2)c1. The molecular weight excluding hydrogens is 286 g/mol. The van der Waals surface area contributed by atoms with Crippen molar-refractivity contribution in [2.24, 2.45) is 0 Å². The number of hydrogen-bond donors (Lipinski definition) is 0. The maximum absolute atomic E-state index is 12.3. The number of benzene rings is 1. The van der Waals surface area contributed by atoms with Crippen molar-refractivity contribution in [1.82, 2.24) is 14.7 Å². The fourth-order valence-corrected chi connectivity index (χ4v) is 2.76. The van der Waals surface area contributed by atoms with E-state index >= 15 is 0 Å². The summed E-state index contributed by atoms with van der Waals surface area (Å²) in [6.07, 6.45) is 5.18. The number of carbonyl (C=O) groups is 1. The number of amides is 1. The summed E-state index contributed by atoms with van der Waals surface area (Å²) in [5.41, 5.74) is 4.81. The van der Waals surface area contributed by atoms with Gasteiger partial charge in [0.25, 0.3) is 0 Å². The standard InChI is InChI=1S/C19H27N3O/c1-14(2)22-13-18(11-20-22)12-21(5)19(23)7-6-17-9-15(3)8-16(4)10-17/h8-11,13-14H,6-7,12H2,1-5H3. The van der Waals surface area contributed by atoms with Crippen molar-refractivity contribution in [2.75, 3.05) is 7.05 Å². The van der Waals surface area contributed by atoms with E-state index in [0.717, 1.165) is 12.0 Å². The summed E-state index contributed by atoms with van der Waals surface area (Å²) in [4.78, 5) is 14.1. The maximum atomic E-state index is 12.3. The van der Waals surface area contributed by atoms with Crippen LogP contribution in [0.25, 0.3) is 0 Å². The van der Waals surface area contributed by atoms with Crippen LogP contribution in [-0.4, -0.2) is 27.6 Å². The van der Waals surface area contributed by atoms with Gasteiger partial charge in [-0.2, -0.15) is 5.10 Å². The molecule has 1 aromatic heterocycles. The zero-order chi connectivity index (χ0) is 17.0. The molecule has 124 valence electrons. The van der Waals surface area contributed by atoms with Crippen LogP contribution in [0.4, 0.5) is 0 Å². The van der Waals surface area contributed by atoms with E-state index in [0.29, 0.717) is 19.0 Å². The van der Waals surface area contributed by atoms with Gasteiger partial charge in [0.2, 0.25) is 5.91 Å². The Morgan fingerprint density at radius 2 is 1.83 bits per heavy atom. The van der Waals surface area contributed by atoms with E-state index in [1.165, 1.54) is 16.7 Å². The van der Waals surface area contributed by atoms with Crippen LogP contribution in [-0.2, 0) is 17.8 Å². The first-order valence-electron chi connectivity index (χ1n) is 8.19. The molecule has 0 saturated carbocycles. The predicted octanol–water partition coefficient (Wildman–Crippen LogP) is 3.67. The third-order valence-electron chi connectivity index (χ3n) is 3.94. The van der Waals surface area contributed by atoms with E-state index in [2.05, 4.69) is 51.0 Å². The predicted molar refractivity (Wildman–Crippen MR) is 93.3 cm³/mol. The van der Waals surface area contributed by atoms with Gasteiger partial charge in [0.05, 0.1) is 6.20 Å². The Balaban J connectivity index is 1.89. The third-order valence-corrected chi connectivity index (χ3v) is 3.94. The van der Waals surface area contributed by atoms with Crippen molar-refractivity contribution in [1.29, 1.82) is 0 Å². The van der Waals surface area contributed by atoms with Gasteiger partial charge < -0.3 is 4.90 Å². The lowest BCUT2D eigenvalue weighted by atomic mass is 10.0. The van der Waals surface area contributed by atoms with Crippen molar-refractivity contribution < 1.29 is 4.79 Å². The van der Waals surface area contributed by atoms with Gasteiger partial charge in [0, 0.05) is 37.8 Å². The van der Waals surface area contributed by atoms with Gasteiger partial charge in [-0.25, -0.2) is 0 Å². The van der Waals surface area contributed by atoms with Gasteiger partial charge in [0.15, 0.2) is 0 Å². The third kappa shape index (κ3) is 4.95. The Bertz CT molecular complexity index is 653. The molecule has 0 saturated heterocycles. The van der Waals surface area contributed by atoms with E-state index < -0.39 is 0 Å². The first-order chi connectivity index (χ1) is 10.8. The lowest BCUT2D eigenvalue weighted by Gasteiger charge is -2.16. The van der Waals surface area contributed by atoms with E-state index in [1.54, 1.807) is 4.90 Å². The van der Waals surface area contributed by atoms with Crippen molar-refractivity contribution in [2.45, 2.75) is 53.1 Å². The molecule has 0 bridgehead atoms.